The van der Waals surface area contributed by atoms with Crippen LogP contribution in [0.2, 0.25) is 0 Å². The number of nitrogens with two attached hydrogens (primary N) is 1. The minimum atomic E-state index is -4.55. The normalized spacial score (nSPS) is 12.4. The van der Waals surface area contributed by atoms with Gasteiger partial charge in [0, 0.05) is 32.2 Å². The van der Waals surface area contributed by atoms with Crippen LogP contribution in [0.1, 0.15) is 220 Å². The first-order valence-corrected chi connectivity index (χ1v) is 24.4. The molecule has 0 rings (SSSR count). The molecular formula is C44H90N3O10P. The summed E-state index contributed by atoms with van der Waals surface area (Å²) >= 11 is 0. The van der Waals surface area contributed by atoms with E-state index < -0.39 is 32.5 Å². The number of hydrogen-bond acceptors (Lipinski definition) is 11. The van der Waals surface area contributed by atoms with E-state index in [9.17, 15) is 28.6 Å². The molecule has 0 aromatic rings. The summed E-state index contributed by atoms with van der Waals surface area (Å²) in [5.41, 5.74) is 4.50. The number of phosphoric ester groups is 1. The molecule has 2 atom stereocenters. The van der Waals surface area contributed by atoms with Gasteiger partial charge in [-0.1, -0.05) is 168 Å². The van der Waals surface area contributed by atoms with Crippen LogP contribution in [0.3, 0.4) is 0 Å². The first kappa shape index (κ1) is 60.4. The first-order chi connectivity index (χ1) is 27.6. The van der Waals surface area contributed by atoms with Crippen molar-refractivity contribution < 1.29 is 47.2 Å². The van der Waals surface area contributed by atoms with Gasteiger partial charge < -0.3 is 36.4 Å². The Labute approximate surface area is 354 Å². The van der Waals surface area contributed by atoms with Crippen LogP contribution >= 0.6 is 7.82 Å². The van der Waals surface area contributed by atoms with Gasteiger partial charge in [-0.05, 0) is 33.2 Å². The van der Waals surface area contributed by atoms with Crippen molar-refractivity contribution >= 4 is 31.5 Å². The number of phosphoric acid groups is 1. The molecule has 0 bridgehead atoms. The SMILES string of the molecule is CCCCCCCCCCCCCCCC(=O)OCC(COP(=O)(O)OCCNC(=O)CCCC(C)=O)OC(=O)CCCCCCCCCCCCCCC.CN.N. The van der Waals surface area contributed by atoms with Gasteiger partial charge in [-0.15, -0.1) is 0 Å². The van der Waals surface area contributed by atoms with Gasteiger partial charge in [-0.25, -0.2) is 4.57 Å². The molecule has 2 unspecified atom stereocenters. The molecule has 0 aliphatic rings. The van der Waals surface area contributed by atoms with Gasteiger partial charge in [0.05, 0.1) is 13.2 Å². The molecule has 0 spiro atoms. The maximum Gasteiger partial charge on any atom is 0.472 e. The van der Waals surface area contributed by atoms with Gasteiger partial charge in [0.1, 0.15) is 12.4 Å². The summed E-state index contributed by atoms with van der Waals surface area (Å²) in [7, 11) is -3.05. The van der Waals surface area contributed by atoms with E-state index >= 15 is 0 Å². The molecule has 0 saturated heterocycles. The number of ether oxygens (including phenoxy) is 2. The van der Waals surface area contributed by atoms with E-state index in [4.69, 9.17) is 18.5 Å². The van der Waals surface area contributed by atoms with Crippen LogP contribution in [0.25, 0.3) is 0 Å². The standard InChI is InChI=1S/C43H82NO10P.CH5N.H3N/c1-4-6-8-10-12-14-16-18-20-22-24-26-28-33-42(47)51-37-40(38-53-55(49,50)52-36-35-44-41(46)32-30-31-39(3)45)54-43(48)34-29-27-25-23-21-19-17-15-13-11-9-7-5-2;1-2;/h40H,4-38H2,1-3H3,(H,44,46)(H,49,50);2H2,1H3;1H3. The van der Waals surface area contributed by atoms with Crippen LogP contribution in [0.4, 0.5) is 0 Å². The zero-order chi connectivity index (χ0) is 42.7. The molecule has 0 heterocycles. The summed E-state index contributed by atoms with van der Waals surface area (Å²) in [6.07, 6.45) is 31.4. The number of carbonyl (C=O) groups is 4. The lowest BCUT2D eigenvalue weighted by atomic mass is 10.0. The predicted molar refractivity (Wildman–Crippen MR) is 236 cm³/mol. The highest BCUT2D eigenvalue weighted by Gasteiger charge is 2.26. The van der Waals surface area contributed by atoms with Gasteiger partial charge in [0.2, 0.25) is 5.91 Å². The van der Waals surface area contributed by atoms with Gasteiger partial charge in [0.15, 0.2) is 6.10 Å². The van der Waals surface area contributed by atoms with E-state index in [0.29, 0.717) is 25.7 Å². The molecule has 7 N–H and O–H groups in total. The molecule has 0 aliphatic carbocycles. The Bertz CT molecular complexity index is 1000. The monoisotopic (exact) mass is 852 g/mol. The average Bonchev–Trinajstić information content (AvgIpc) is 3.18. The predicted octanol–water partition coefficient (Wildman–Crippen LogP) is 11.1. The molecule has 14 heteroatoms. The van der Waals surface area contributed by atoms with Crippen molar-refractivity contribution in [3.8, 4) is 0 Å². The summed E-state index contributed by atoms with van der Waals surface area (Å²) < 4.78 is 33.5. The number of carbonyl (C=O) groups excluding carboxylic acids is 4. The number of amides is 1. The highest BCUT2D eigenvalue weighted by molar-refractivity contribution is 7.47. The van der Waals surface area contributed by atoms with Gasteiger partial charge >= 0.3 is 19.8 Å². The highest BCUT2D eigenvalue weighted by atomic mass is 31.2. The van der Waals surface area contributed by atoms with Crippen molar-refractivity contribution in [1.82, 2.24) is 11.5 Å². The summed E-state index contributed by atoms with van der Waals surface area (Å²) in [6, 6.07) is 0. The molecule has 0 aromatic carbocycles. The summed E-state index contributed by atoms with van der Waals surface area (Å²) in [5, 5.41) is 2.56. The molecule has 0 saturated carbocycles. The van der Waals surface area contributed by atoms with Crippen LogP contribution in [0.5, 0.6) is 0 Å². The fraction of sp³-hybridized carbons (Fsp3) is 0.909. The number of rotatable bonds is 42. The van der Waals surface area contributed by atoms with E-state index in [1.807, 2.05) is 0 Å². The number of nitrogens with one attached hydrogen (secondary N) is 1. The lowest BCUT2D eigenvalue weighted by Gasteiger charge is -2.20. The fourth-order valence-corrected chi connectivity index (χ4v) is 7.10. The van der Waals surface area contributed by atoms with Crippen LogP contribution in [-0.4, -0.2) is 68.0 Å². The van der Waals surface area contributed by atoms with E-state index in [1.54, 1.807) is 0 Å². The van der Waals surface area contributed by atoms with Crippen LogP contribution in [-0.2, 0) is 42.3 Å². The van der Waals surface area contributed by atoms with Gasteiger partial charge in [0.25, 0.3) is 0 Å². The van der Waals surface area contributed by atoms with E-state index in [2.05, 4.69) is 24.9 Å². The first-order valence-electron chi connectivity index (χ1n) is 22.9. The zero-order valence-electron chi connectivity index (χ0n) is 37.7. The Morgan fingerprint density at radius 3 is 1.36 bits per heavy atom. The van der Waals surface area contributed by atoms with Crippen LogP contribution in [0.15, 0.2) is 0 Å². The lowest BCUT2D eigenvalue weighted by Crippen LogP contribution is -2.30. The largest absolute Gasteiger partial charge is 0.472 e. The topological polar surface area (TPSA) is 216 Å². The Balaban J connectivity index is -0.00000991. The second kappa shape index (κ2) is 46.2. The second-order valence-electron chi connectivity index (χ2n) is 15.3. The van der Waals surface area contributed by atoms with Crippen LogP contribution < -0.4 is 17.2 Å². The van der Waals surface area contributed by atoms with Gasteiger partial charge in [-0.2, -0.15) is 0 Å². The van der Waals surface area contributed by atoms with Crippen molar-refractivity contribution in [3.63, 3.8) is 0 Å². The second-order valence-corrected chi connectivity index (χ2v) is 16.7. The number of hydrogen-bond donors (Lipinski definition) is 4. The molecule has 13 nitrogen and oxygen atoms in total. The van der Waals surface area contributed by atoms with E-state index in [-0.39, 0.29) is 56.9 Å². The van der Waals surface area contributed by atoms with Crippen molar-refractivity contribution in [3.05, 3.63) is 0 Å². The summed E-state index contributed by atoms with van der Waals surface area (Å²) in [4.78, 5) is 58.2. The highest BCUT2D eigenvalue weighted by Crippen LogP contribution is 2.43. The van der Waals surface area contributed by atoms with Crippen molar-refractivity contribution in [2.45, 2.75) is 226 Å². The molecule has 0 aromatic heterocycles. The van der Waals surface area contributed by atoms with Gasteiger partial charge in [-0.3, -0.25) is 23.4 Å². The van der Waals surface area contributed by atoms with E-state index in [1.165, 1.54) is 130 Å². The third-order valence-electron chi connectivity index (χ3n) is 9.73. The van der Waals surface area contributed by atoms with Crippen molar-refractivity contribution in [2.24, 2.45) is 5.73 Å². The Hall–Kier alpha value is -1.89. The third kappa shape index (κ3) is 46.8. The molecular weight excluding hydrogens is 761 g/mol. The molecule has 0 radical (unpaired) electrons. The Morgan fingerprint density at radius 2 is 0.948 bits per heavy atom. The maximum absolute atomic E-state index is 12.7. The third-order valence-corrected chi connectivity index (χ3v) is 10.7. The Kier molecular flexibility index (Phi) is 48.1. The summed E-state index contributed by atoms with van der Waals surface area (Å²) in [5.74, 6) is -1.19. The number of unbranched alkanes of at least 4 members (excludes halogenated alkanes) is 24. The van der Waals surface area contributed by atoms with E-state index in [0.717, 1.165) is 38.5 Å². The van der Waals surface area contributed by atoms with Crippen molar-refractivity contribution in [1.29, 1.82) is 0 Å². The smallest absolute Gasteiger partial charge is 0.462 e. The fourth-order valence-electron chi connectivity index (χ4n) is 6.35. The molecule has 1 amide bonds. The molecule has 346 valence electrons. The number of Topliss-reactive ketones (excluding diaryl/α,β-unsaturated/α-hetero) is 1. The van der Waals surface area contributed by atoms with Crippen molar-refractivity contribution in [2.75, 3.05) is 33.4 Å². The average molecular weight is 852 g/mol. The quantitative estimate of drug-likeness (QED) is 0.0256. The minimum Gasteiger partial charge on any atom is -0.462 e. The minimum absolute atomic E-state index is 0. The molecule has 0 fully saturated rings. The lowest BCUT2D eigenvalue weighted by molar-refractivity contribution is -0.161. The number of esters is 2. The van der Waals surface area contributed by atoms with Crippen LogP contribution in [0, 0.1) is 0 Å². The maximum atomic E-state index is 12.7. The molecule has 58 heavy (non-hydrogen) atoms. The number of ketones is 1. The zero-order valence-corrected chi connectivity index (χ0v) is 38.6. The summed E-state index contributed by atoms with van der Waals surface area (Å²) in [6.45, 7) is 4.83. The molecule has 0 aliphatic heterocycles. The Morgan fingerprint density at radius 1 is 0.552 bits per heavy atom.